The molecule has 0 radical (unpaired) electrons. The average molecular weight is 282 g/mol. The highest BCUT2D eigenvalue weighted by Gasteiger charge is 2.45. The molecule has 3 rings (SSSR count). The molecule has 1 N–H and O–H groups in total. The van der Waals surface area contributed by atoms with E-state index in [1.54, 1.807) is 12.1 Å². The summed E-state index contributed by atoms with van der Waals surface area (Å²) < 4.78 is 6.20. The van der Waals surface area contributed by atoms with E-state index in [-0.39, 0.29) is 5.60 Å². The van der Waals surface area contributed by atoms with E-state index in [0.29, 0.717) is 5.75 Å². The lowest BCUT2D eigenvalue weighted by Gasteiger charge is -2.45. The Bertz CT molecular complexity index is 603. The predicted molar refractivity (Wildman–Crippen MR) is 84.7 cm³/mol. The lowest BCUT2D eigenvalue weighted by atomic mass is 9.77. The maximum absolute atomic E-state index is 9.51. The third-order valence-corrected chi connectivity index (χ3v) is 4.32. The van der Waals surface area contributed by atoms with Crippen LogP contribution >= 0.6 is 0 Å². The number of unbranched alkanes of at least 4 members (excludes halogenated alkanes) is 3. The van der Waals surface area contributed by atoms with Gasteiger partial charge in [-0.15, -0.1) is 0 Å². The second-order valence-corrected chi connectivity index (χ2v) is 5.78. The van der Waals surface area contributed by atoms with Gasteiger partial charge in [-0.1, -0.05) is 56.5 Å². The summed E-state index contributed by atoms with van der Waals surface area (Å²) in [6.45, 7) is 2.23. The molecule has 0 saturated heterocycles. The molecule has 0 bridgehead atoms. The van der Waals surface area contributed by atoms with Crippen LogP contribution in [0, 0.1) is 0 Å². The molecule has 2 nitrogen and oxygen atoms in total. The molecule has 1 heterocycles. The number of phenolic OH excluding ortho intramolecular Hbond substituents is 1. The summed E-state index contributed by atoms with van der Waals surface area (Å²) >= 11 is 0. The van der Waals surface area contributed by atoms with Crippen molar-refractivity contribution in [2.75, 3.05) is 0 Å². The first kappa shape index (κ1) is 14.0. The van der Waals surface area contributed by atoms with Crippen molar-refractivity contribution in [3.63, 3.8) is 0 Å². The van der Waals surface area contributed by atoms with Crippen molar-refractivity contribution in [2.24, 2.45) is 0 Å². The van der Waals surface area contributed by atoms with Crippen LogP contribution in [0.5, 0.6) is 11.5 Å². The van der Waals surface area contributed by atoms with Gasteiger partial charge in [0.15, 0.2) is 5.60 Å². The number of phenols is 1. The van der Waals surface area contributed by atoms with Gasteiger partial charge in [0.05, 0.1) is 0 Å². The summed E-state index contributed by atoms with van der Waals surface area (Å²) in [4.78, 5) is 0. The minimum Gasteiger partial charge on any atom is -0.508 e. The average Bonchev–Trinajstić information content (AvgIpc) is 2.49. The highest BCUT2D eigenvalue weighted by molar-refractivity contribution is 5.53. The summed E-state index contributed by atoms with van der Waals surface area (Å²) in [6, 6.07) is 15.7. The van der Waals surface area contributed by atoms with E-state index in [2.05, 4.69) is 19.1 Å². The predicted octanol–water partition coefficient (Wildman–Crippen LogP) is 5.00. The third kappa shape index (κ3) is 2.51. The molecule has 0 aromatic heterocycles. The van der Waals surface area contributed by atoms with E-state index in [9.17, 15) is 5.11 Å². The van der Waals surface area contributed by atoms with Gasteiger partial charge < -0.3 is 9.84 Å². The number of aromatic hydroxyl groups is 1. The van der Waals surface area contributed by atoms with Crippen LogP contribution in [-0.4, -0.2) is 5.11 Å². The third-order valence-electron chi connectivity index (χ3n) is 4.32. The zero-order chi connectivity index (χ0) is 14.7. The van der Waals surface area contributed by atoms with E-state index >= 15 is 0 Å². The Kier molecular flexibility index (Phi) is 3.87. The van der Waals surface area contributed by atoms with Gasteiger partial charge in [0.25, 0.3) is 0 Å². The summed E-state index contributed by atoms with van der Waals surface area (Å²) in [5.74, 6) is 1.29. The lowest BCUT2D eigenvalue weighted by Crippen LogP contribution is -2.42. The Morgan fingerprint density at radius 2 is 1.71 bits per heavy atom. The molecule has 1 unspecified atom stereocenters. The van der Waals surface area contributed by atoms with Crippen molar-refractivity contribution in [3.8, 4) is 11.5 Å². The Morgan fingerprint density at radius 1 is 0.952 bits per heavy atom. The minimum absolute atomic E-state index is 0.299. The first-order valence-electron chi connectivity index (χ1n) is 7.84. The van der Waals surface area contributed by atoms with Crippen molar-refractivity contribution < 1.29 is 9.84 Å². The summed E-state index contributed by atoms with van der Waals surface area (Å²) in [5.41, 5.74) is 2.08. The van der Waals surface area contributed by atoms with Gasteiger partial charge in [-0.25, -0.2) is 0 Å². The summed E-state index contributed by atoms with van der Waals surface area (Å²) in [6.07, 6.45) is 5.90. The van der Waals surface area contributed by atoms with E-state index in [1.807, 2.05) is 24.3 Å². The van der Waals surface area contributed by atoms with Gasteiger partial charge in [-0.2, -0.15) is 0 Å². The van der Waals surface area contributed by atoms with Crippen LogP contribution < -0.4 is 4.74 Å². The molecular formula is C19H22O2. The van der Waals surface area contributed by atoms with Crippen LogP contribution in [0.2, 0.25) is 0 Å². The Balaban J connectivity index is 1.88. The fourth-order valence-corrected chi connectivity index (χ4v) is 3.16. The lowest BCUT2D eigenvalue weighted by molar-refractivity contribution is 0.0427. The maximum Gasteiger partial charge on any atom is 0.163 e. The highest BCUT2D eigenvalue weighted by Crippen LogP contribution is 2.51. The molecule has 21 heavy (non-hydrogen) atoms. The van der Waals surface area contributed by atoms with Crippen molar-refractivity contribution >= 4 is 0 Å². The van der Waals surface area contributed by atoms with Gasteiger partial charge in [0.2, 0.25) is 0 Å². The van der Waals surface area contributed by atoms with E-state index in [1.165, 1.54) is 24.8 Å². The number of rotatable bonds is 6. The largest absolute Gasteiger partial charge is 0.508 e. The molecule has 0 amide bonds. The quantitative estimate of drug-likeness (QED) is 0.756. The van der Waals surface area contributed by atoms with E-state index < -0.39 is 0 Å². The topological polar surface area (TPSA) is 29.5 Å². The Morgan fingerprint density at radius 3 is 2.43 bits per heavy atom. The molecule has 1 atom stereocenters. The fraction of sp³-hybridized carbons (Fsp3) is 0.368. The molecule has 110 valence electrons. The van der Waals surface area contributed by atoms with Gasteiger partial charge in [0.1, 0.15) is 11.5 Å². The molecule has 1 aliphatic heterocycles. The normalized spacial score (nSPS) is 19.5. The maximum atomic E-state index is 9.51. The number of hydrogen-bond acceptors (Lipinski definition) is 2. The number of fused-ring (bicyclic) bond motifs is 1. The van der Waals surface area contributed by atoms with Gasteiger partial charge >= 0.3 is 0 Å². The van der Waals surface area contributed by atoms with Crippen LogP contribution in [0.25, 0.3) is 0 Å². The number of hydrogen-bond donors (Lipinski definition) is 1. The summed E-state index contributed by atoms with van der Waals surface area (Å²) in [7, 11) is 0. The van der Waals surface area contributed by atoms with Crippen molar-refractivity contribution in [1.82, 2.24) is 0 Å². The van der Waals surface area contributed by atoms with Gasteiger partial charge in [-0.05, 0) is 31.0 Å². The molecule has 0 spiro atoms. The Labute approximate surface area is 126 Å². The first-order valence-corrected chi connectivity index (χ1v) is 7.84. The van der Waals surface area contributed by atoms with Crippen molar-refractivity contribution in [1.29, 1.82) is 0 Å². The first-order chi connectivity index (χ1) is 10.3. The zero-order valence-corrected chi connectivity index (χ0v) is 12.5. The van der Waals surface area contributed by atoms with E-state index in [4.69, 9.17) is 4.74 Å². The number of para-hydroxylation sites is 1. The summed E-state index contributed by atoms with van der Waals surface area (Å²) in [5, 5.41) is 9.51. The van der Waals surface area contributed by atoms with Gasteiger partial charge in [-0.3, -0.25) is 0 Å². The fourth-order valence-electron chi connectivity index (χ4n) is 3.16. The molecule has 2 heteroatoms. The molecule has 0 saturated carbocycles. The molecule has 2 aromatic carbocycles. The standard InChI is InChI=1S/C19H22O2/c1-2-3-4-7-14-19(15-10-12-16(20)13-11-15)17-8-5-6-9-18(17)21-19/h5-6,8-13,20H,2-4,7,14H2,1H3. The second kappa shape index (κ2) is 5.80. The van der Waals surface area contributed by atoms with Crippen molar-refractivity contribution in [3.05, 3.63) is 59.7 Å². The molecule has 1 aliphatic rings. The second-order valence-electron chi connectivity index (χ2n) is 5.78. The smallest absolute Gasteiger partial charge is 0.163 e. The Hall–Kier alpha value is -1.96. The minimum atomic E-state index is -0.321. The highest BCUT2D eigenvalue weighted by atomic mass is 16.5. The van der Waals surface area contributed by atoms with Gasteiger partial charge in [0, 0.05) is 11.1 Å². The molecule has 2 aromatic rings. The molecular weight excluding hydrogens is 260 g/mol. The molecule has 0 fully saturated rings. The van der Waals surface area contributed by atoms with Crippen LogP contribution in [0.1, 0.15) is 50.2 Å². The van der Waals surface area contributed by atoms with Crippen LogP contribution in [0.15, 0.2) is 48.5 Å². The van der Waals surface area contributed by atoms with E-state index in [0.717, 1.165) is 24.2 Å². The molecule has 0 aliphatic carbocycles. The van der Waals surface area contributed by atoms with Crippen LogP contribution in [-0.2, 0) is 5.60 Å². The SMILES string of the molecule is CCCCCCC1(c2ccc(O)cc2)Oc2ccccc21. The van der Waals surface area contributed by atoms with Crippen molar-refractivity contribution in [2.45, 2.75) is 44.6 Å². The van der Waals surface area contributed by atoms with Crippen LogP contribution in [0.3, 0.4) is 0 Å². The number of benzene rings is 2. The monoisotopic (exact) mass is 282 g/mol. The number of ether oxygens (including phenoxy) is 1. The zero-order valence-electron chi connectivity index (χ0n) is 12.5. The van der Waals surface area contributed by atoms with Crippen LogP contribution in [0.4, 0.5) is 0 Å².